The van der Waals surface area contributed by atoms with Gasteiger partial charge in [0, 0.05) is 13.5 Å². The van der Waals surface area contributed by atoms with E-state index >= 15 is 0 Å². The van der Waals surface area contributed by atoms with Crippen LogP contribution < -0.4 is 16.5 Å². The Labute approximate surface area is 117 Å². The summed E-state index contributed by atoms with van der Waals surface area (Å²) in [6, 6.07) is 9.02. The topological polar surface area (TPSA) is 127 Å². The molecular weight excluding hydrogens is 256 g/mol. The minimum Gasteiger partial charge on any atom is -0.382 e. The fourth-order valence-corrected chi connectivity index (χ4v) is 1.45. The van der Waals surface area contributed by atoms with E-state index in [2.05, 4.69) is 15.8 Å². The summed E-state index contributed by atoms with van der Waals surface area (Å²) in [5.74, 6) is -0.416. The SMILES string of the molecule is CNC(=O)CCc1cccc(N/N=C(\C#N)C(=N)N)c1. The van der Waals surface area contributed by atoms with Crippen LogP contribution in [0.15, 0.2) is 29.4 Å². The fourth-order valence-electron chi connectivity index (χ4n) is 1.45. The van der Waals surface area contributed by atoms with Gasteiger partial charge in [0.05, 0.1) is 5.69 Å². The average Bonchev–Trinajstić information content (AvgIpc) is 2.45. The predicted octanol–water partition coefficient (Wildman–Crippen LogP) is 0.593. The van der Waals surface area contributed by atoms with E-state index in [1.165, 1.54) is 0 Å². The van der Waals surface area contributed by atoms with Crippen LogP contribution in [0.2, 0.25) is 0 Å². The molecule has 0 spiro atoms. The molecule has 1 aromatic rings. The monoisotopic (exact) mass is 272 g/mol. The summed E-state index contributed by atoms with van der Waals surface area (Å²) in [6.45, 7) is 0. The number of anilines is 1. The Hall–Kier alpha value is -2.88. The standard InChI is InChI=1S/C13H16N6O/c1-17-12(20)6-5-9-3-2-4-10(7-9)18-19-11(8-14)13(15)16/h2-4,7,18H,5-6H2,1H3,(H3,15,16)(H,17,20)/b19-11+. The number of amides is 1. The zero-order valence-electron chi connectivity index (χ0n) is 11.1. The minimum absolute atomic E-state index is 0.0234. The minimum atomic E-state index is -0.393. The largest absolute Gasteiger partial charge is 0.382 e. The summed E-state index contributed by atoms with van der Waals surface area (Å²) >= 11 is 0. The molecule has 0 heterocycles. The number of hydrazone groups is 1. The first kappa shape index (κ1) is 15.2. The number of carbonyl (C=O) groups excluding carboxylic acids is 1. The quantitative estimate of drug-likeness (QED) is 0.343. The summed E-state index contributed by atoms with van der Waals surface area (Å²) in [7, 11) is 1.60. The Balaban J connectivity index is 2.71. The number of nitrogens with zero attached hydrogens (tertiary/aromatic N) is 2. The van der Waals surface area contributed by atoms with E-state index in [4.69, 9.17) is 16.4 Å². The number of benzene rings is 1. The van der Waals surface area contributed by atoms with E-state index in [1.807, 2.05) is 18.2 Å². The van der Waals surface area contributed by atoms with E-state index < -0.39 is 5.84 Å². The lowest BCUT2D eigenvalue weighted by Gasteiger charge is -2.05. The first-order valence-corrected chi connectivity index (χ1v) is 5.94. The van der Waals surface area contributed by atoms with Gasteiger partial charge in [-0.3, -0.25) is 15.6 Å². The fraction of sp³-hybridized carbons (Fsp3) is 0.231. The maximum atomic E-state index is 11.2. The molecule has 0 aliphatic heterocycles. The van der Waals surface area contributed by atoms with E-state index in [1.54, 1.807) is 19.2 Å². The molecule has 1 rings (SSSR count). The van der Waals surface area contributed by atoms with Crippen molar-refractivity contribution in [3.05, 3.63) is 29.8 Å². The van der Waals surface area contributed by atoms with Gasteiger partial charge in [-0.15, -0.1) is 0 Å². The smallest absolute Gasteiger partial charge is 0.220 e. The zero-order chi connectivity index (χ0) is 15.0. The van der Waals surface area contributed by atoms with Gasteiger partial charge < -0.3 is 11.1 Å². The van der Waals surface area contributed by atoms with Crippen molar-refractivity contribution in [3.8, 4) is 6.07 Å². The highest BCUT2D eigenvalue weighted by Gasteiger charge is 2.02. The summed E-state index contributed by atoms with van der Waals surface area (Å²) in [4.78, 5) is 11.2. The van der Waals surface area contributed by atoms with Crippen LogP contribution in [0.25, 0.3) is 0 Å². The lowest BCUT2D eigenvalue weighted by Crippen LogP contribution is -2.21. The molecule has 0 aliphatic rings. The first-order chi connectivity index (χ1) is 9.56. The maximum absolute atomic E-state index is 11.2. The molecule has 1 amide bonds. The molecule has 0 saturated heterocycles. The number of rotatable bonds is 6. The van der Waals surface area contributed by atoms with E-state index in [9.17, 15) is 4.79 Å². The highest BCUT2D eigenvalue weighted by atomic mass is 16.1. The molecule has 0 aromatic heterocycles. The number of carbonyl (C=O) groups is 1. The normalized spacial score (nSPS) is 10.5. The molecule has 1 aromatic carbocycles. The number of amidine groups is 1. The average molecular weight is 272 g/mol. The van der Waals surface area contributed by atoms with Crippen LogP contribution >= 0.6 is 0 Å². The third kappa shape index (κ3) is 4.78. The number of hydrogen-bond acceptors (Lipinski definition) is 5. The van der Waals surface area contributed by atoms with Crippen LogP contribution in [0.4, 0.5) is 5.69 Å². The van der Waals surface area contributed by atoms with E-state index in [0.717, 1.165) is 5.56 Å². The number of aryl methyl sites for hydroxylation is 1. The van der Waals surface area contributed by atoms with Crippen LogP contribution in [-0.2, 0) is 11.2 Å². The second-order valence-electron chi connectivity index (χ2n) is 3.97. The van der Waals surface area contributed by atoms with Crippen molar-refractivity contribution >= 4 is 23.1 Å². The Morgan fingerprint density at radius 1 is 1.55 bits per heavy atom. The Kier molecular flexibility index (Phi) is 5.72. The van der Waals surface area contributed by atoms with Gasteiger partial charge >= 0.3 is 0 Å². The summed E-state index contributed by atoms with van der Waals surface area (Å²) in [6.07, 6.45) is 1.01. The second-order valence-corrected chi connectivity index (χ2v) is 3.97. The summed E-state index contributed by atoms with van der Waals surface area (Å²) in [5.41, 5.74) is 9.29. The molecule has 104 valence electrons. The molecule has 20 heavy (non-hydrogen) atoms. The molecule has 0 aliphatic carbocycles. The zero-order valence-corrected chi connectivity index (χ0v) is 11.1. The lowest BCUT2D eigenvalue weighted by molar-refractivity contribution is -0.120. The van der Waals surface area contributed by atoms with Crippen LogP contribution in [0.3, 0.4) is 0 Å². The van der Waals surface area contributed by atoms with Gasteiger partial charge in [-0.05, 0) is 24.1 Å². The van der Waals surface area contributed by atoms with Crippen LogP contribution in [-0.4, -0.2) is 24.5 Å². The first-order valence-electron chi connectivity index (χ1n) is 5.94. The maximum Gasteiger partial charge on any atom is 0.220 e. The molecule has 0 saturated carbocycles. The predicted molar refractivity (Wildman–Crippen MR) is 77.4 cm³/mol. The molecule has 0 bridgehead atoms. The van der Waals surface area contributed by atoms with Crippen LogP contribution in [0.5, 0.6) is 0 Å². The lowest BCUT2D eigenvalue weighted by atomic mass is 10.1. The van der Waals surface area contributed by atoms with Crippen molar-refractivity contribution in [2.75, 3.05) is 12.5 Å². The number of nitrogens with one attached hydrogen (secondary N) is 3. The van der Waals surface area contributed by atoms with Gasteiger partial charge in [0.2, 0.25) is 11.6 Å². The van der Waals surface area contributed by atoms with Crippen LogP contribution in [0.1, 0.15) is 12.0 Å². The highest BCUT2D eigenvalue weighted by Crippen LogP contribution is 2.12. The van der Waals surface area contributed by atoms with Crippen molar-refractivity contribution in [2.45, 2.75) is 12.8 Å². The van der Waals surface area contributed by atoms with Crippen molar-refractivity contribution in [1.82, 2.24) is 5.32 Å². The van der Waals surface area contributed by atoms with Gasteiger partial charge in [0.1, 0.15) is 6.07 Å². The molecular formula is C13H16N6O. The van der Waals surface area contributed by atoms with Crippen LogP contribution in [0, 0.1) is 16.7 Å². The van der Waals surface area contributed by atoms with E-state index in [-0.39, 0.29) is 11.6 Å². The van der Waals surface area contributed by atoms with Gasteiger partial charge in [-0.25, -0.2) is 0 Å². The van der Waals surface area contributed by atoms with Gasteiger partial charge in [-0.2, -0.15) is 10.4 Å². The van der Waals surface area contributed by atoms with Crippen molar-refractivity contribution in [1.29, 1.82) is 10.7 Å². The summed E-state index contributed by atoms with van der Waals surface area (Å²) < 4.78 is 0. The highest BCUT2D eigenvalue weighted by molar-refractivity contribution is 6.45. The van der Waals surface area contributed by atoms with Gasteiger partial charge in [-0.1, -0.05) is 12.1 Å². The molecule has 0 radical (unpaired) electrons. The van der Waals surface area contributed by atoms with E-state index in [0.29, 0.717) is 18.5 Å². The molecule has 0 unspecified atom stereocenters. The number of hydrogen-bond donors (Lipinski definition) is 4. The Morgan fingerprint density at radius 3 is 2.90 bits per heavy atom. The van der Waals surface area contributed by atoms with Gasteiger partial charge in [0.25, 0.3) is 0 Å². The third-order valence-electron chi connectivity index (χ3n) is 2.50. The van der Waals surface area contributed by atoms with Gasteiger partial charge in [0.15, 0.2) is 5.84 Å². The molecule has 7 heteroatoms. The summed E-state index contributed by atoms with van der Waals surface area (Å²) in [5, 5.41) is 22.2. The third-order valence-corrected chi connectivity index (χ3v) is 2.50. The van der Waals surface area contributed by atoms with Crippen molar-refractivity contribution in [3.63, 3.8) is 0 Å². The molecule has 0 fully saturated rings. The molecule has 5 N–H and O–H groups in total. The number of nitrogens with two attached hydrogens (primary N) is 1. The number of nitriles is 1. The second kappa shape index (κ2) is 7.53. The van der Waals surface area contributed by atoms with Crippen molar-refractivity contribution < 1.29 is 4.79 Å². The van der Waals surface area contributed by atoms with Crippen molar-refractivity contribution in [2.24, 2.45) is 10.8 Å². The Morgan fingerprint density at radius 2 is 2.30 bits per heavy atom. The molecule has 7 nitrogen and oxygen atoms in total. The molecule has 0 atom stereocenters. The Bertz CT molecular complexity index is 572.